The van der Waals surface area contributed by atoms with E-state index in [1.807, 2.05) is 57.2 Å². The molecule has 0 aliphatic rings. The Labute approximate surface area is 149 Å². The van der Waals surface area contributed by atoms with Crippen LogP contribution in [0.1, 0.15) is 38.8 Å². The van der Waals surface area contributed by atoms with Crippen LogP contribution in [0.25, 0.3) is 11.1 Å². The number of rotatable bonds is 7. The Morgan fingerprint density at radius 1 is 1.12 bits per heavy atom. The van der Waals surface area contributed by atoms with Crippen LogP contribution in [0.2, 0.25) is 0 Å². The first-order chi connectivity index (χ1) is 11.9. The molecular formula is C20H27N3O2. The zero-order valence-corrected chi connectivity index (χ0v) is 15.1. The molecular weight excluding hydrogens is 314 g/mol. The molecule has 5 nitrogen and oxygen atoms in total. The summed E-state index contributed by atoms with van der Waals surface area (Å²) in [5, 5.41) is 14.9. The van der Waals surface area contributed by atoms with Gasteiger partial charge >= 0.3 is 6.03 Å². The van der Waals surface area contributed by atoms with Crippen LogP contribution in [0.15, 0.2) is 48.8 Å². The number of amides is 2. The van der Waals surface area contributed by atoms with Crippen LogP contribution in [-0.2, 0) is 0 Å². The van der Waals surface area contributed by atoms with Crippen molar-refractivity contribution < 1.29 is 9.90 Å². The monoisotopic (exact) mass is 341 g/mol. The van der Waals surface area contributed by atoms with Gasteiger partial charge in [0.2, 0.25) is 0 Å². The Bertz CT molecular complexity index is 669. The Morgan fingerprint density at radius 3 is 2.32 bits per heavy atom. The maximum Gasteiger partial charge on any atom is 0.315 e. The fourth-order valence-electron chi connectivity index (χ4n) is 2.55. The van der Waals surface area contributed by atoms with Crippen molar-refractivity contribution in [3.63, 3.8) is 0 Å². The van der Waals surface area contributed by atoms with Crippen molar-refractivity contribution in [1.29, 1.82) is 0 Å². The van der Waals surface area contributed by atoms with Gasteiger partial charge in [-0.05, 0) is 47.6 Å². The van der Waals surface area contributed by atoms with Gasteiger partial charge in [0.15, 0.2) is 0 Å². The maximum atomic E-state index is 12.1. The van der Waals surface area contributed by atoms with Crippen molar-refractivity contribution in [3.05, 3.63) is 54.4 Å². The summed E-state index contributed by atoms with van der Waals surface area (Å²) < 4.78 is 0. The smallest absolute Gasteiger partial charge is 0.315 e. The summed E-state index contributed by atoms with van der Waals surface area (Å²) in [6.45, 7) is 6.64. The molecule has 0 bridgehead atoms. The van der Waals surface area contributed by atoms with Gasteiger partial charge < -0.3 is 15.7 Å². The first-order valence-corrected chi connectivity index (χ1v) is 8.57. The molecule has 1 heterocycles. The number of aromatic nitrogens is 1. The van der Waals surface area contributed by atoms with Crippen molar-refractivity contribution in [2.45, 2.75) is 33.2 Å². The van der Waals surface area contributed by atoms with Gasteiger partial charge in [-0.1, -0.05) is 38.1 Å². The SMILES string of the molecule is CC(NC(=O)NCC(C)(C)CCO)c1ccc(-c2ccncc2)cc1. The van der Waals surface area contributed by atoms with Crippen LogP contribution in [0, 0.1) is 5.41 Å². The van der Waals surface area contributed by atoms with Gasteiger partial charge in [0.1, 0.15) is 0 Å². The van der Waals surface area contributed by atoms with Crippen LogP contribution in [0.3, 0.4) is 0 Å². The number of pyridine rings is 1. The summed E-state index contributed by atoms with van der Waals surface area (Å²) in [4.78, 5) is 16.1. The summed E-state index contributed by atoms with van der Waals surface area (Å²) >= 11 is 0. The largest absolute Gasteiger partial charge is 0.396 e. The molecule has 2 rings (SSSR count). The highest BCUT2D eigenvalue weighted by Gasteiger charge is 2.18. The fourth-order valence-corrected chi connectivity index (χ4v) is 2.55. The highest BCUT2D eigenvalue weighted by Crippen LogP contribution is 2.21. The quantitative estimate of drug-likeness (QED) is 0.721. The van der Waals surface area contributed by atoms with Crippen molar-refractivity contribution in [2.24, 2.45) is 5.41 Å². The molecule has 5 heteroatoms. The van der Waals surface area contributed by atoms with Crippen molar-refractivity contribution in [1.82, 2.24) is 15.6 Å². The molecule has 1 unspecified atom stereocenters. The third-order valence-corrected chi connectivity index (χ3v) is 4.29. The second-order valence-corrected chi connectivity index (χ2v) is 7.04. The molecule has 3 N–H and O–H groups in total. The van der Waals surface area contributed by atoms with E-state index in [1.165, 1.54) is 0 Å². The van der Waals surface area contributed by atoms with Gasteiger partial charge in [0.05, 0.1) is 6.04 Å². The highest BCUT2D eigenvalue weighted by atomic mass is 16.3. The lowest BCUT2D eigenvalue weighted by molar-refractivity contribution is 0.200. The molecule has 1 atom stereocenters. The molecule has 25 heavy (non-hydrogen) atoms. The number of urea groups is 1. The molecule has 2 amide bonds. The third kappa shape index (κ3) is 5.87. The fraction of sp³-hybridized carbons (Fsp3) is 0.400. The van der Waals surface area contributed by atoms with E-state index in [9.17, 15) is 4.79 Å². The molecule has 0 saturated carbocycles. The second-order valence-electron chi connectivity index (χ2n) is 7.04. The summed E-state index contributed by atoms with van der Waals surface area (Å²) in [6.07, 6.45) is 4.20. The van der Waals surface area contributed by atoms with Crippen molar-refractivity contribution in [3.8, 4) is 11.1 Å². The van der Waals surface area contributed by atoms with Crippen LogP contribution in [0.4, 0.5) is 4.79 Å². The molecule has 1 aromatic heterocycles. The molecule has 2 aromatic rings. The van der Waals surface area contributed by atoms with E-state index in [1.54, 1.807) is 12.4 Å². The van der Waals surface area contributed by atoms with Crippen LogP contribution >= 0.6 is 0 Å². The minimum Gasteiger partial charge on any atom is -0.396 e. The molecule has 0 saturated heterocycles. The minimum absolute atomic E-state index is 0.0903. The first-order valence-electron chi connectivity index (χ1n) is 8.57. The number of carbonyl (C=O) groups excluding carboxylic acids is 1. The van der Waals surface area contributed by atoms with E-state index in [-0.39, 0.29) is 24.1 Å². The molecule has 134 valence electrons. The number of hydrogen-bond acceptors (Lipinski definition) is 3. The van der Waals surface area contributed by atoms with Crippen LogP contribution in [-0.4, -0.2) is 29.3 Å². The topological polar surface area (TPSA) is 74.2 Å². The third-order valence-electron chi connectivity index (χ3n) is 4.29. The molecule has 0 radical (unpaired) electrons. The lowest BCUT2D eigenvalue weighted by Crippen LogP contribution is -2.41. The molecule has 0 spiro atoms. The summed E-state index contributed by atoms with van der Waals surface area (Å²) in [5.41, 5.74) is 3.16. The summed E-state index contributed by atoms with van der Waals surface area (Å²) in [7, 11) is 0. The molecule has 0 aliphatic heterocycles. The molecule has 0 fully saturated rings. The lowest BCUT2D eigenvalue weighted by atomic mass is 9.90. The van der Waals surface area contributed by atoms with Gasteiger partial charge in [-0.2, -0.15) is 0 Å². The first kappa shape index (κ1) is 18.9. The van der Waals surface area contributed by atoms with E-state index >= 15 is 0 Å². The normalized spacial score (nSPS) is 12.5. The molecule has 0 aliphatic carbocycles. The van der Waals surface area contributed by atoms with Gasteiger partial charge in [-0.3, -0.25) is 4.98 Å². The number of nitrogens with one attached hydrogen (secondary N) is 2. The minimum atomic E-state index is -0.197. The number of aliphatic hydroxyl groups excluding tert-OH is 1. The predicted molar refractivity (Wildman–Crippen MR) is 100 cm³/mol. The number of aliphatic hydroxyl groups is 1. The Hall–Kier alpha value is -2.40. The Balaban J connectivity index is 1.90. The van der Waals surface area contributed by atoms with Crippen LogP contribution in [0.5, 0.6) is 0 Å². The van der Waals surface area contributed by atoms with E-state index in [2.05, 4.69) is 15.6 Å². The number of hydrogen-bond donors (Lipinski definition) is 3. The van der Waals surface area contributed by atoms with Gasteiger partial charge in [0.25, 0.3) is 0 Å². The van der Waals surface area contributed by atoms with Crippen molar-refractivity contribution >= 4 is 6.03 Å². The zero-order valence-electron chi connectivity index (χ0n) is 15.1. The predicted octanol–water partition coefficient (Wildman–Crippen LogP) is 3.52. The maximum absolute atomic E-state index is 12.1. The Kier molecular flexibility index (Phi) is 6.53. The number of nitrogens with zero attached hydrogens (tertiary/aromatic N) is 1. The number of benzene rings is 1. The van der Waals surface area contributed by atoms with Gasteiger partial charge in [-0.15, -0.1) is 0 Å². The summed E-state index contributed by atoms with van der Waals surface area (Å²) in [6, 6.07) is 11.8. The van der Waals surface area contributed by atoms with Crippen molar-refractivity contribution in [2.75, 3.05) is 13.2 Å². The highest BCUT2D eigenvalue weighted by molar-refractivity contribution is 5.74. The standard InChI is InChI=1S/C20H27N3O2/c1-15(23-19(25)22-14-20(2,3)10-13-24)16-4-6-17(7-5-16)18-8-11-21-12-9-18/h4-9,11-12,15,24H,10,13-14H2,1-3H3,(H2,22,23,25). The average Bonchev–Trinajstić information content (AvgIpc) is 2.61. The van der Waals surface area contributed by atoms with Crippen LogP contribution < -0.4 is 10.6 Å². The Morgan fingerprint density at radius 2 is 1.72 bits per heavy atom. The van der Waals surface area contributed by atoms with E-state index in [4.69, 9.17) is 5.11 Å². The lowest BCUT2D eigenvalue weighted by Gasteiger charge is -2.24. The summed E-state index contributed by atoms with van der Waals surface area (Å²) in [5.74, 6) is 0. The zero-order chi connectivity index (χ0) is 18.3. The number of carbonyl (C=O) groups is 1. The van der Waals surface area contributed by atoms with Gasteiger partial charge in [-0.25, -0.2) is 4.79 Å². The second kappa shape index (κ2) is 8.62. The molecule has 1 aromatic carbocycles. The van der Waals surface area contributed by atoms with E-state index < -0.39 is 0 Å². The van der Waals surface area contributed by atoms with Gasteiger partial charge in [0, 0.05) is 25.5 Å². The average molecular weight is 341 g/mol. The van der Waals surface area contributed by atoms with E-state index in [0.717, 1.165) is 16.7 Å². The van der Waals surface area contributed by atoms with E-state index in [0.29, 0.717) is 13.0 Å².